The highest BCUT2D eigenvalue weighted by molar-refractivity contribution is 9.10. The lowest BCUT2D eigenvalue weighted by molar-refractivity contribution is 0.479. The SMILES string of the molecule is C[C@H](N)c1ccc(Oc2cccc(Br)c2)c(Br)c1. The Labute approximate surface area is 123 Å². The molecular weight excluding hydrogens is 358 g/mol. The largest absolute Gasteiger partial charge is 0.456 e. The Kier molecular flexibility index (Phi) is 4.43. The van der Waals surface area contributed by atoms with Crippen molar-refractivity contribution in [2.24, 2.45) is 5.73 Å². The summed E-state index contributed by atoms with van der Waals surface area (Å²) in [7, 11) is 0. The van der Waals surface area contributed by atoms with Gasteiger partial charge in [-0.1, -0.05) is 28.1 Å². The predicted molar refractivity (Wildman–Crippen MR) is 81.0 cm³/mol. The number of halogens is 2. The van der Waals surface area contributed by atoms with E-state index >= 15 is 0 Å². The van der Waals surface area contributed by atoms with Gasteiger partial charge in [0.15, 0.2) is 0 Å². The number of hydrogen-bond donors (Lipinski definition) is 1. The highest BCUT2D eigenvalue weighted by atomic mass is 79.9. The van der Waals surface area contributed by atoms with Crippen LogP contribution in [0.1, 0.15) is 18.5 Å². The van der Waals surface area contributed by atoms with Crippen molar-refractivity contribution >= 4 is 31.9 Å². The van der Waals surface area contributed by atoms with Crippen LogP contribution in [0.15, 0.2) is 51.4 Å². The van der Waals surface area contributed by atoms with Crippen LogP contribution in [-0.2, 0) is 0 Å². The van der Waals surface area contributed by atoms with Crippen LogP contribution < -0.4 is 10.5 Å². The van der Waals surface area contributed by atoms with Crippen LogP contribution in [0.2, 0.25) is 0 Å². The summed E-state index contributed by atoms with van der Waals surface area (Å²) >= 11 is 6.92. The monoisotopic (exact) mass is 369 g/mol. The highest BCUT2D eigenvalue weighted by Gasteiger charge is 2.06. The van der Waals surface area contributed by atoms with Crippen LogP contribution >= 0.6 is 31.9 Å². The summed E-state index contributed by atoms with van der Waals surface area (Å²) in [6.07, 6.45) is 0. The van der Waals surface area contributed by atoms with E-state index in [9.17, 15) is 0 Å². The maximum absolute atomic E-state index is 5.84. The van der Waals surface area contributed by atoms with Crippen molar-refractivity contribution in [1.82, 2.24) is 0 Å². The fraction of sp³-hybridized carbons (Fsp3) is 0.143. The van der Waals surface area contributed by atoms with Crippen LogP contribution in [-0.4, -0.2) is 0 Å². The molecule has 0 saturated carbocycles. The summed E-state index contributed by atoms with van der Waals surface area (Å²) in [6.45, 7) is 1.95. The maximum atomic E-state index is 5.84. The molecule has 2 aromatic rings. The molecule has 0 spiro atoms. The molecule has 2 aromatic carbocycles. The molecule has 0 aromatic heterocycles. The minimum atomic E-state index is 0.0150. The van der Waals surface area contributed by atoms with Gasteiger partial charge in [-0.25, -0.2) is 0 Å². The summed E-state index contributed by atoms with van der Waals surface area (Å²) in [5.41, 5.74) is 6.91. The second-order valence-corrected chi connectivity index (χ2v) is 5.81. The zero-order chi connectivity index (χ0) is 13.1. The molecule has 2 N–H and O–H groups in total. The summed E-state index contributed by atoms with van der Waals surface area (Å²) in [5.74, 6) is 1.57. The maximum Gasteiger partial charge on any atom is 0.141 e. The molecular formula is C14H13Br2NO. The second kappa shape index (κ2) is 5.87. The lowest BCUT2D eigenvalue weighted by Gasteiger charge is -2.11. The van der Waals surface area contributed by atoms with Crippen LogP contribution in [0.5, 0.6) is 11.5 Å². The van der Waals surface area contributed by atoms with E-state index in [0.717, 1.165) is 26.0 Å². The van der Waals surface area contributed by atoms with Crippen molar-refractivity contribution in [2.75, 3.05) is 0 Å². The molecule has 4 heteroatoms. The van der Waals surface area contributed by atoms with Gasteiger partial charge in [0.25, 0.3) is 0 Å². The normalized spacial score (nSPS) is 12.2. The fourth-order valence-corrected chi connectivity index (χ4v) is 2.40. The molecule has 0 aliphatic carbocycles. The van der Waals surface area contributed by atoms with Gasteiger partial charge in [0, 0.05) is 10.5 Å². The molecule has 0 heterocycles. The minimum Gasteiger partial charge on any atom is -0.456 e. The Bertz CT molecular complexity index is 555. The topological polar surface area (TPSA) is 35.2 Å². The van der Waals surface area contributed by atoms with E-state index in [-0.39, 0.29) is 6.04 Å². The first kappa shape index (κ1) is 13.6. The molecule has 2 rings (SSSR count). The molecule has 0 amide bonds. The van der Waals surface area contributed by atoms with Crippen molar-refractivity contribution in [3.8, 4) is 11.5 Å². The Morgan fingerprint density at radius 2 is 1.89 bits per heavy atom. The zero-order valence-electron chi connectivity index (χ0n) is 9.86. The number of rotatable bonds is 3. The standard InChI is InChI=1S/C14H13Br2NO/c1-9(17)10-5-6-14(13(16)7-10)18-12-4-2-3-11(15)8-12/h2-9H,17H2,1H3/t9-/m0/s1. The average molecular weight is 371 g/mol. The second-order valence-electron chi connectivity index (χ2n) is 4.04. The van der Waals surface area contributed by atoms with E-state index in [1.54, 1.807) is 0 Å². The first-order valence-electron chi connectivity index (χ1n) is 5.54. The van der Waals surface area contributed by atoms with E-state index in [4.69, 9.17) is 10.5 Å². The molecule has 0 radical (unpaired) electrons. The molecule has 0 aliphatic rings. The summed E-state index contributed by atoms with van der Waals surface area (Å²) in [5, 5.41) is 0. The van der Waals surface area contributed by atoms with E-state index in [0.29, 0.717) is 0 Å². The number of nitrogens with two attached hydrogens (primary N) is 1. The lowest BCUT2D eigenvalue weighted by atomic mass is 10.1. The minimum absolute atomic E-state index is 0.0150. The van der Waals surface area contributed by atoms with Gasteiger partial charge in [-0.05, 0) is 58.7 Å². The Morgan fingerprint density at radius 1 is 1.11 bits per heavy atom. The molecule has 1 atom stereocenters. The third-order valence-corrected chi connectivity index (χ3v) is 3.62. The zero-order valence-corrected chi connectivity index (χ0v) is 13.0. The first-order chi connectivity index (χ1) is 8.56. The van der Waals surface area contributed by atoms with Crippen molar-refractivity contribution in [3.05, 3.63) is 57.0 Å². The van der Waals surface area contributed by atoms with Crippen LogP contribution in [0, 0.1) is 0 Å². The predicted octanol–water partition coefficient (Wildman–Crippen LogP) is 5.02. The van der Waals surface area contributed by atoms with Crippen LogP contribution in [0.3, 0.4) is 0 Å². The molecule has 94 valence electrons. The van der Waals surface area contributed by atoms with Crippen molar-refractivity contribution in [2.45, 2.75) is 13.0 Å². The number of ether oxygens (including phenoxy) is 1. The molecule has 0 saturated heterocycles. The van der Waals surface area contributed by atoms with Crippen molar-refractivity contribution in [3.63, 3.8) is 0 Å². The number of hydrogen-bond acceptors (Lipinski definition) is 2. The quantitative estimate of drug-likeness (QED) is 0.822. The molecule has 0 bridgehead atoms. The Balaban J connectivity index is 2.24. The van der Waals surface area contributed by atoms with Crippen LogP contribution in [0.25, 0.3) is 0 Å². The third-order valence-electron chi connectivity index (χ3n) is 2.51. The van der Waals surface area contributed by atoms with Gasteiger partial charge in [-0.3, -0.25) is 0 Å². The van der Waals surface area contributed by atoms with E-state index in [1.807, 2.05) is 49.4 Å². The molecule has 0 aliphatic heterocycles. The average Bonchev–Trinajstić information content (AvgIpc) is 2.31. The molecule has 2 nitrogen and oxygen atoms in total. The summed E-state index contributed by atoms with van der Waals surface area (Å²) in [4.78, 5) is 0. The van der Waals surface area contributed by atoms with E-state index in [1.165, 1.54) is 0 Å². The lowest BCUT2D eigenvalue weighted by Crippen LogP contribution is -2.04. The van der Waals surface area contributed by atoms with E-state index in [2.05, 4.69) is 31.9 Å². The van der Waals surface area contributed by atoms with Gasteiger partial charge in [0.1, 0.15) is 11.5 Å². The molecule has 0 fully saturated rings. The van der Waals surface area contributed by atoms with Crippen LogP contribution in [0.4, 0.5) is 0 Å². The van der Waals surface area contributed by atoms with Gasteiger partial charge < -0.3 is 10.5 Å². The van der Waals surface area contributed by atoms with Crippen molar-refractivity contribution in [1.29, 1.82) is 0 Å². The fourth-order valence-electron chi connectivity index (χ4n) is 1.54. The van der Waals surface area contributed by atoms with Gasteiger partial charge in [0.2, 0.25) is 0 Å². The Hall–Kier alpha value is -0.840. The molecule has 18 heavy (non-hydrogen) atoms. The smallest absolute Gasteiger partial charge is 0.141 e. The Morgan fingerprint density at radius 3 is 2.50 bits per heavy atom. The van der Waals surface area contributed by atoms with E-state index < -0.39 is 0 Å². The van der Waals surface area contributed by atoms with Gasteiger partial charge in [-0.15, -0.1) is 0 Å². The third kappa shape index (κ3) is 3.34. The summed E-state index contributed by atoms with van der Waals surface area (Å²) < 4.78 is 7.70. The van der Waals surface area contributed by atoms with Crippen molar-refractivity contribution < 1.29 is 4.74 Å². The highest BCUT2D eigenvalue weighted by Crippen LogP contribution is 2.32. The number of benzene rings is 2. The van der Waals surface area contributed by atoms with Gasteiger partial charge in [0.05, 0.1) is 4.47 Å². The van der Waals surface area contributed by atoms with Gasteiger partial charge in [-0.2, -0.15) is 0 Å². The molecule has 0 unspecified atom stereocenters. The first-order valence-corrected chi connectivity index (χ1v) is 7.13. The summed E-state index contributed by atoms with van der Waals surface area (Å²) in [6, 6.07) is 13.6. The van der Waals surface area contributed by atoms with Gasteiger partial charge >= 0.3 is 0 Å².